The monoisotopic (exact) mass is 213 g/mol. The third-order valence-corrected chi connectivity index (χ3v) is 3.48. The predicted molar refractivity (Wildman–Crippen MR) is 56.6 cm³/mol. The molecule has 2 saturated heterocycles. The van der Waals surface area contributed by atoms with Crippen LogP contribution in [0.1, 0.15) is 25.7 Å². The molecule has 0 aromatic rings. The maximum absolute atomic E-state index is 9.64. The highest BCUT2D eigenvalue weighted by atomic mass is 16.5. The van der Waals surface area contributed by atoms with Crippen LogP contribution in [0.2, 0.25) is 0 Å². The van der Waals surface area contributed by atoms with E-state index in [1.807, 2.05) is 4.90 Å². The lowest BCUT2D eigenvalue weighted by molar-refractivity contribution is -0.138. The van der Waals surface area contributed by atoms with E-state index < -0.39 is 0 Å². The Hall–Kier alpha value is -0.810. The fourth-order valence-electron chi connectivity index (χ4n) is 2.51. The van der Waals surface area contributed by atoms with Gasteiger partial charge in [-0.1, -0.05) is 0 Å². The van der Waals surface area contributed by atoms with Gasteiger partial charge in [-0.05, 0) is 19.3 Å². The molecule has 2 rings (SSSR count). The molecule has 0 aromatic heterocycles. The minimum atomic E-state index is -0.220. The second-order valence-electron chi connectivity index (χ2n) is 4.55. The van der Waals surface area contributed by atoms with Gasteiger partial charge in [0.2, 0.25) is 0 Å². The zero-order valence-corrected chi connectivity index (χ0v) is 8.91. The van der Waals surface area contributed by atoms with Gasteiger partial charge in [-0.3, -0.25) is 5.41 Å². The van der Waals surface area contributed by atoms with Crippen LogP contribution >= 0.6 is 0 Å². The molecule has 5 nitrogen and oxygen atoms in total. The van der Waals surface area contributed by atoms with Crippen molar-refractivity contribution in [2.24, 2.45) is 5.73 Å². The number of hydrogen-bond donors (Lipinski definition) is 3. The van der Waals surface area contributed by atoms with E-state index in [2.05, 4.69) is 0 Å². The average molecular weight is 213 g/mol. The van der Waals surface area contributed by atoms with Crippen LogP contribution < -0.4 is 5.73 Å². The number of nitrogens with two attached hydrogens (primary N) is 1. The molecule has 1 atom stereocenters. The van der Waals surface area contributed by atoms with E-state index in [1.54, 1.807) is 0 Å². The van der Waals surface area contributed by atoms with Crippen LogP contribution in [0.25, 0.3) is 0 Å². The van der Waals surface area contributed by atoms with Crippen molar-refractivity contribution in [2.45, 2.75) is 37.4 Å². The lowest BCUT2D eigenvalue weighted by Crippen LogP contribution is -2.52. The Morgan fingerprint density at radius 1 is 1.47 bits per heavy atom. The molecular weight excluding hydrogens is 194 g/mol. The molecule has 0 aromatic carbocycles. The minimum absolute atomic E-state index is 0.140. The van der Waals surface area contributed by atoms with Gasteiger partial charge in [0.15, 0.2) is 5.96 Å². The van der Waals surface area contributed by atoms with E-state index in [0.717, 1.165) is 38.8 Å². The molecule has 0 saturated carbocycles. The van der Waals surface area contributed by atoms with E-state index in [0.29, 0.717) is 6.61 Å². The maximum Gasteiger partial charge on any atom is 0.188 e. The molecule has 2 fully saturated rings. The summed E-state index contributed by atoms with van der Waals surface area (Å²) in [6, 6.07) is 0. The number of piperidine rings is 1. The summed E-state index contributed by atoms with van der Waals surface area (Å²) in [6.07, 6.45) is 2.99. The first-order chi connectivity index (χ1) is 7.11. The highest BCUT2D eigenvalue weighted by Crippen LogP contribution is 2.34. The van der Waals surface area contributed by atoms with Gasteiger partial charge in [0.25, 0.3) is 0 Å². The summed E-state index contributed by atoms with van der Waals surface area (Å²) in [7, 11) is 0. The maximum atomic E-state index is 9.64. The Morgan fingerprint density at radius 3 is 2.67 bits per heavy atom. The third kappa shape index (κ3) is 2.23. The Labute approximate surface area is 89.7 Å². The molecule has 1 unspecified atom stereocenters. The zero-order valence-electron chi connectivity index (χ0n) is 8.91. The van der Waals surface area contributed by atoms with Crippen molar-refractivity contribution in [2.75, 3.05) is 19.7 Å². The number of aliphatic hydroxyl groups excluding tert-OH is 1. The van der Waals surface area contributed by atoms with Crippen molar-refractivity contribution in [3.05, 3.63) is 0 Å². The van der Waals surface area contributed by atoms with E-state index in [-0.39, 0.29) is 17.7 Å². The van der Waals surface area contributed by atoms with Crippen LogP contribution in [0.4, 0.5) is 0 Å². The molecule has 2 aliphatic rings. The van der Waals surface area contributed by atoms with Gasteiger partial charge < -0.3 is 20.5 Å². The third-order valence-electron chi connectivity index (χ3n) is 3.48. The Kier molecular flexibility index (Phi) is 2.84. The lowest BCUT2D eigenvalue weighted by Gasteiger charge is -2.45. The van der Waals surface area contributed by atoms with Crippen molar-refractivity contribution in [1.82, 2.24) is 4.90 Å². The largest absolute Gasteiger partial charge is 0.393 e. The molecule has 0 radical (unpaired) electrons. The van der Waals surface area contributed by atoms with Crippen LogP contribution in [0.3, 0.4) is 0 Å². The molecule has 15 heavy (non-hydrogen) atoms. The SMILES string of the molecule is N=C(N)N1CCC2(CC1)CC(O)CCO2. The number of nitrogens with zero attached hydrogens (tertiary/aromatic N) is 1. The summed E-state index contributed by atoms with van der Waals surface area (Å²) in [5.74, 6) is 0.140. The summed E-state index contributed by atoms with van der Waals surface area (Å²) in [6.45, 7) is 2.19. The number of nitrogens with one attached hydrogen (secondary N) is 1. The first-order valence-corrected chi connectivity index (χ1v) is 5.52. The van der Waals surface area contributed by atoms with Gasteiger partial charge in [-0.2, -0.15) is 0 Å². The minimum Gasteiger partial charge on any atom is -0.393 e. The molecule has 0 aliphatic carbocycles. The first-order valence-electron chi connectivity index (χ1n) is 5.52. The van der Waals surface area contributed by atoms with Crippen LogP contribution in [0.15, 0.2) is 0 Å². The standard InChI is InChI=1S/C10H19N3O2/c11-9(12)13-4-2-10(3-5-13)7-8(14)1-6-15-10/h8,14H,1-7H2,(H3,11,12). The summed E-state index contributed by atoms with van der Waals surface area (Å²) in [4.78, 5) is 1.86. The van der Waals surface area contributed by atoms with Crippen LogP contribution in [-0.2, 0) is 4.74 Å². The molecule has 0 bridgehead atoms. The first kappa shape index (κ1) is 10.7. The molecular formula is C10H19N3O2. The summed E-state index contributed by atoms with van der Waals surface area (Å²) < 4.78 is 5.81. The van der Waals surface area contributed by atoms with Crippen molar-refractivity contribution in [3.8, 4) is 0 Å². The van der Waals surface area contributed by atoms with Gasteiger partial charge >= 0.3 is 0 Å². The second kappa shape index (κ2) is 3.98. The van der Waals surface area contributed by atoms with Crippen LogP contribution in [-0.4, -0.2) is 47.4 Å². The van der Waals surface area contributed by atoms with Gasteiger partial charge in [-0.25, -0.2) is 0 Å². The number of likely N-dealkylation sites (tertiary alicyclic amines) is 1. The molecule has 5 heteroatoms. The van der Waals surface area contributed by atoms with Gasteiger partial charge in [0.1, 0.15) is 0 Å². The number of rotatable bonds is 0. The number of aliphatic hydroxyl groups is 1. The topological polar surface area (TPSA) is 82.6 Å². The smallest absolute Gasteiger partial charge is 0.188 e. The fraction of sp³-hybridized carbons (Fsp3) is 0.900. The molecule has 2 aliphatic heterocycles. The Morgan fingerprint density at radius 2 is 2.13 bits per heavy atom. The lowest BCUT2D eigenvalue weighted by atomic mass is 9.83. The molecule has 0 amide bonds. The Bertz CT molecular complexity index is 249. The van der Waals surface area contributed by atoms with Gasteiger partial charge in [-0.15, -0.1) is 0 Å². The zero-order chi connectivity index (χ0) is 10.9. The highest BCUT2D eigenvalue weighted by molar-refractivity contribution is 5.74. The summed E-state index contributed by atoms with van der Waals surface area (Å²) in [5, 5.41) is 17.0. The number of ether oxygens (including phenoxy) is 1. The average Bonchev–Trinajstić information content (AvgIpc) is 2.18. The quantitative estimate of drug-likeness (QED) is 0.387. The molecule has 86 valence electrons. The van der Waals surface area contributed by atoms with Crippen molar-refractivity contribution in [1.29, 1.82) is 5.41 Å². The predicted octanol–water partition coefficient (Wildman–Crippen LogP) is -0.114. The van der Waals surface area contributed by atoms with Crippen LogP contribution in [0.5, 0.6) is 0 Å². The number of hydrogen-bond acceptors (Lipinski definition) is 3. The summed E-state index contributed by atoms with van der Waals surface area (Å²) in [5.41, 5.74) is 5.28. The summed E-state index contributed by atoms with van der Waals surface area (Å²) >= 11 is 0. The molecule has 1 spiro atoms. The van der Waals surface area contributed by atoms with E-state index in [4.69, 9.17) is 15.9 Å². The second-order valence-corrected chi connectivity index (χ2v) is 4.55. The van der Waals surface area contributed by atoms with E-state index >= 15 is 0 Å². The fourth-order valence-corrected chi connectivity index (χ4v) is 2.51. The van der Waals surface area contributed by atoms with Crippen LogP contribution in [0, 0.1) is 5.41 Å². The van der Waals surface area contributed by atoms with Crippen molar-refractivity contribution < 1.29 is 9.84 Å². The normalized spacial score (nSPS) is 30.5. The van der Waals surface area contributed by atoms with Crippen molar-refractivity contribution in [3.63, 3.8) is 0 Å². The molecule has 2 heterocycles. The van der Waals surface area contributed by atoms with Crippen molar-refractivity contribution >= 4 is 5.96 Å². The van der Waals surface area contributed by atoms with E-state index in [1.165, 1.54) is 0 Å². The number of guanidine groups is 1. The van der Waals surface area contributed by atoms with Gasteiger partial charge in [0, 0.05) is 26.1 Å². The molecule has 4 N–H and O–H groups in total. The highest BCUT2D eigenvalue weighted by Gasteiger charge is 2.39. The van der Waals surface area contributed by atoms with Gasteiger partial charge in [0.05, 0.1) is 11.7 Å². The van der Waals surface area contributed by atoms with E-state index in [9.17, 15) is 5.11 Å². The Balaban J connectivity index is 1.93.